The monoisotopic (exact) mass is 483 g/mol. The Hall–Kier alpha value is -2.54. The summed E-state index contributed by atoms with van der Waals surface area (Å²) in [6.45, 7) is 11.4. The molecule has 0 bridgehead atoms. The van der Waals surface area contributed by atoms with Gasteiger partial charge in [-0.15, -0.1) is 0 Å². The van der Waals surface area contributed by atoms with Gasteiger partial charge in [0.2, 0.25) is 0 Å². The topological polar surface area (TPSA) is 3.24 Å². The lowest BCUT2D eigenvalue weighted by molar-refractivity contribution is 0.449. The minimum atomic E-state index is 0.792. The molecule has 0 saturated heterocycles. The molecule has 0 aliphatic rings. The number of anilines is 3. The third kappa shape index (κ3) is 8.26. The van der Waals surface area contributed by atoms with Crippen molar-refractivity contribution in [2.75, 3.05) is 4.90 Å². The number of unbranched alkanes of at least 4 members (excludes halogenated alkanes) is 2. The molecule has 3 aromatic carbocycles. The van der Waals surface area contributed by atoms with Crippen molar-refractivity contribution in [3.05, 3.63) is 89.5 Å². The third-order valence-corrected chi connectivity index (χ3v) is 7.82. The van der Waals surface area contributed by atoms with Crippen molar-refractivity contribution >= 4 is 17.1 Å². The standard InChI is InChI=1S/C35H49N/c1-6-10-12-29(8-3)26-31-16-22-34(23-17-31)36(33-20-14-28(5)15-21-33)35-24-18-32(19-25-35)27-30(9-4)13-11-7-2/h14-25,29-30H,6-13,26-27H2,1-5H3. The summed E-state index contributed by atoms with van der Waals surface area (Å²) in [4.78, 5) is 2.40. The van der Waals surface area contributed by atoms with E-state index in [4.69, 9.17) is 0 Å². The fourth-order valence-corrected chi connectivity index (χ4v) is 5.26. The Balaban J connectivity index is 1.83. The maximum Gasteiger partial charge on any atom is 0.0461 e. The van der Waals surface area contributed by atoms with Gasteiger partial charge in [-0.1, -0.05) is 121 Å². The number of hydrogen-bond donors (Lipinski definition) is 0. The number of benzene rings is 3. The molecule has 0 fully saturated rings. The van der Waals surface area contributed by atoms with Crippen LogP contribution < -0.4 is 4.90 Å². The molecule has 0 aromatic heterocycles. The average Bonchev–Trinajstić information content (AvgIpc) is 2.91. The van der Waals surface area contributed by atoms with E-state index in [1.165, 1.54) is 98.0 Å². The Morgan fingerprint density at radius 1 is 0.528 bits per heavy atom. The molecule has 0 aliphatic carbocycles. The second-order valence-electron chi connectivity index (χ2n) is 10.7. The highest BCUT2D eigenvalue weighted by Crippen LogP contribution is 2.35. The predicted octanol–water partition coefficient (Wildman–Crippen LogP) is 11.0. The molecular weight excluding hydrogens is 434 g/mol. The lowest BCUT2D eigenvalue weighted by Crippen LogP contribution is -2.11. The molecule has 0 radical (unpaired) electrons. The van der Waals surface area contributed by atoms with Crippen LogP contribution in [0.3, 0.4) is 0 Å². The fourth-order valence-electron chi connectivity index (χ4n) is 5.26. The van der Waals surface area contributed by atoms with Gasteiger partial charge < -0.3 is 4.90 Å². The number of hydrogen-bond acceptors (Lipinski definition) is 1. The van der Waals surface area contributed by atoms with Crippen LogP contribution in [0.25, 0.3) is 0 Å². The van der Waals surface area contributed by atoms with Crippen molar-refractivity contribution in [1.82, 2.24) is 0 Å². The Morgan fingerprint density at radius 2 is 0.889 bits per heavy atom. The molecule has 0 amide bonds. The van der Waals surface area contributed by atoms with Crippen LogP contribution in [-0.4, -0.2) is 0 Å². The van der Waals surface area contributed by atoms with E-state index in [9.17, 15) is 0 Å². The van der Waals surface area contributed by atoms with Crippen molar-refractivity contribution in [3.63, 3.8) is 0 Å². The highest BCUT2D eigenvalue weighted by Gasteiger charge is 2.14. The smallest absolute Gasteiger partial charge is 0.0461 e. The molecule has 0 heterocycles. The molecular formula is C35H49N. The summed E-state index contributed by atoms with van der Waals surface area (Å²) < 4.78 is 0. The Morgan fingerprint density at radius 3 is 1.22 bits per heavy atom. The zero-order valence-corrected chi connectivity index (χ0v) is 23.6. The van der Waals surface area contributed by atoms with Crippen LogP contribution >= 0.6 is 0 Å². The molecule has 2 atom stereocenters. The Kier molecular flexibility index (Phi) is 11.6. The highest BCUT2D eigenvalue weighted by molar-refractivity contribution is 5.76. The first kappa shape index (κ1) is 28.0. The summed E-state index contributed by atoms with van der Waals surface area (Å²) in [7, 11) is 0. The molecule has 1 nitrogen and oxygen atoms in total. The molecule has 0 aliphatic heterocycles. The maximum absolute atomic E-state index is 2.40. The lowest BCUT2D eigenvalue weighted by Gasteiger charge is -2.26. The average molecular weight is 484 g/mol. The summed E-state index contributed by atoms with van der Waals surface area (Å²) in [5.41, 5.74) is 7.87. The van der Waals surface area contributed by atoms with E-state index in [0.29, 0.717) is 0 Å². The fraction of sp³-hybridized carbons (Fsp3) is 0.486. The number of nitrogens with zero attached hydrogens (tertiary/aromatic N) is 1. The first-order valence-corrected chi connectivity index (χ1v) is 14.6. The van der Waals surface area contributed by atoms with Crippen molar-refractivity contribution in [1.29, 1.82) is 0 Å². The van der Waals surface area contributed by atoms with E-state index >= 15 is 0 Å². The molecule has 0 spiro atoms. The van der Waals surface area contributed by atoms with Crippen LogP contribution in [-0.2, 0) is 12.8 Å². The molecule has 2 unspecified atom stereocenters. The van der Waals surface area contributed by atoms with E-state index in [-0.39, 0.29) is 0 Å². The Labute approximate surface area is 222 Å². The zero-order chi connectivity index (χ0) is 25.8. The van der Waals surface area contributed by atoms with E-state index in [2.05, 4.69) is 112 Å². The molecule has 3 aromatic rings. The summed E-state index contributed by atoms with van der Waals surface area (Å²) in [5.74, 6) is 1.58. The lowest BCUT2D eigenvalue weighted by atomic mass is 9.91. The van der Waals surface area contributed by atoms with Crippen LogP contribution in [0.1, 0.15) is 95.8 Å². The van der Waals surface area contributed by atoms with Crippen LogP contribution in [0.2, 0.25) is 0 Å². The van der Waals surface area contributed by atoms with Gasteiger partial charge in [0, 0.05) is 17.1 Å². The summed E-state index contributed by atoms with van der Waals surface area (Å²) >= 11 is 0. The first-order valence-electron chi connectivity index (χ1n) is 14.6. The van der Waals surface area contributed by atoms with Gasteiger partial charge in [-0.25, -0.2) is 0 Å². The van der Waals surface area contributed by atoms with E-state index in [1.807, 2.05) is 0 Å². The Bertz CT molecular complexity index is 923. The summed E-state index contributed by atoms with van der Waals surface area (Å²) in [6, 6.07) is 27.5. The number of rotatable bonds is 15. The molecule has 1 heteroatoms. The minimum absolute atomic E-state index is 0.792. The van der Waals surface area contributed by atoms with Gasteiger partial charge in [-0.3, -0.25) is 0 Å². The van der Waals surface area contributed by atoms with Crippen molar-refractivity contribution in [2.45, 2.75) is 98.8 Å². The molecule has 0 saturated carbocycles. The van der Waals surface area contributed by atoms with Crippen molar-refractivity contribution < 1.29 is 0 Å². The second kappa shape index (κ2) is 14.9. The normalized spacial score (nSPS) is 12.9. The maximum atomic E-state index is 2.40. The van der Waals surface area contributed by atoms with Crippen LogP contribution in [0.4, 0.5) is 17.1 Å². The minimum Gasteiger partial charge on any atom is -0.311 e. The first-order chi connectivity index (χ1) is 17.6. The van der Waals surface area contributed by atoms with Gasteiger partial charge >= 0.3 is 0 Å². The second-order valence-corrected chi connectivity index (χ2v) is 10.7. The van der Waals surface area contributed by atoms with Gasteiger partial charge in [-0.2, -0.15) is 0 Å². The predicted molar refractivity (Wildman–Crippen MR) is 160 cm³/mol. The van der Waals surface area contributed by atoms with Gasteiger partial charge in [0.25, 0.3) is 0 Å². The van der Waals surface area contributed by atoms with E-state index in [0.717, 1.165) is 11.8 Å². The van der Waals surface area contributed by atoms with E-state index < -0.39 is 0 Å². The molecule has 0 N–H and O–H groups in total. The largest absolute Gasteiger partial charge is 0.311 e. The van der Waals surface area contributed by atoms with Gasteiger partial charge in [0.1, 0.15) is 0 Å². The zero-order valence-electron chi connectivity index (χ0n) is 23.6. The van der Waals surface area contributed by atoms with Crippen LogP contribution in [0.15, 0.2) is 72.8 Å². The summed E-state index contributed by atoms with van der Waals surface area (Å²) in [6.07, 6.45) is 12.8. The van der Waals surface area contributed by atoms with Crippen molar-refractivity contribution in [3.8, 4) is 0 Å². The van der Waals surface area contributed by atoms with Gasteiger partial charge in [0.15, 0.2) is 0 Å². The number of aryl methyl sites for hydroxylation is 1. The van der Waals surface area contributed by atoms with E-state index in [1.54, 1.807) is 0 Å². The SMILES string of the molecule is CCCCC(CC)Cc1ccc(N(c2ccc(C)cc2)c2ccc(CC(CC)CCCC)cc2)cc1. The van der Waals surface area contributed by atoms with Crippen LogP contribution in [0.5, 0.6) is 0 Å². The molecule has 194 valence electrons. The van der Waals surface area contributed by atoms with Gasteiger partial charge in [0.05, 0.1) is 0 Å². The van der Waals surface area contributed by atoms with Gasteiger partial charge in [-0.05, 0) is 79.1 Å². The summed E-state index contributed by atoms with van der Waals surface area (Å²) in [5, 5.41) is 0. The van der Waals surface area contributed by atoms with Crippen molar-refractivity contribution in [2.24, 2.45) is 11.8 Å². The molecule has 36 heavy (non-hydrogen) atoms. The third-order valence-electron chi connectivity index (χ3n) is 7.82. The van der Waals surface area contributed by atoms with Crippen LogP contribution in [0, 0.1) is 18.8 Å². The quantitative estimate of drug-likeness (QED) is 0.208. The highest BCUT2D eigenvalue weighted by atomic mass is 15.1. The molecule has 3 rings (SSSR count).